The van der Waals surface area contributed by atoms with Crippen molar-refractivity contribution in [2.75, 3.05) is 6.61 Å². The van der Waals surface area contributed by atoms with Crippen LogP contribution in [-0.2, 0) is 4.79 Å². The fourth-order valence-electron chi connectivity index (χ4n) is 6.22. The van der Waals surface area contributed by atoms with Crippen LogP contribution in [0.2, 0.25) is 5.02 Å². The molecule has 0 aliphatic heterocycles. The molecule has 3 nitrogen and oxygen atoms in total. The Balaban J connectivity index is 1.22. The van der Waals surface area contributed by atoms with Crippen molar-refractivity contribution >= 4 is 23.2 Å². The molecule has 4 saturated carbocycles. The molecular weight excluding hydrogens is 384 g/mol. The molecule has 29 heavy (non-hydrogen) atoms. The highest BCUT2D eigenvalue weighted by atomic mass is 35.5. The summed E-state index contributed by atoms with van der Waals surface area (Å²) in [6, 6.07) is 13.9. The van der Waals surface area contributed by atoms with Gasteiger partial charge in [-0.2, -0.15) is 0 Å². The number of ketones is 2. The lowest BCUT2D eigenvalue weighted by Gasteiger charge is -2.55. The molecule has 0 unspecified atom stereocenters. The van der Waals surface area contributed by atoms with E-state index in [1.807, 2.05) is 0 Å². The van der Waals surface area contributed by atoms with E-state index in [2.05, 4.69) is 0 Å². The second kappa shape index (κ2) is 7.28. The maximum absolute atomic E-state index is 13.1. The van der Waals surface area contributed by atoms with Gasteiger partial charge in [-0.25, -0.2) is 0 Å². The Morgan fingerprint density at radius 3 is 1.83 bits per heavy atom. The molecule has 0 spiro atoms. The number of hydrogen-bond donors (Lipinski definition) is 0. The van der Waals surface area contributed by atoms with Gasteiger partial charge in [-0.1, -0.05) is 11.6 Å². The van der Waals surface area contributed by atoms with E-state index in [9.17, 15) is 9.59 Å². The van der Waals surface area contributed by atoms with Crippen LogP contribution in [0.15, 0.2) is 48.5 Å². The molecule has 4 aliphatic rings. The average molecular weight is 409 g/mol. The zero-order chi connectivity index (χ0) is 20.0. The summed E-state index contributed by atoms with van der Waals surface area (Å²) < 4.78 is 5.84. The molecule has 6 rings (SSSR count). The Kier molecular flexibility index (Phi) is 4.74. The first kappa shape index (κ1) is 18.9. The summed E-state index contributed by atoms with van der Waals surface area (Å²) in [6.07, 6.45) is 7.19. The minimum atomic E-state index is -0.126. The van der Waals surface area contributed by atoms with Gasteiger partial charge in [0.1, 0.15) is 12.4 Å². The van der Waals surface area contributed by atoms with Crippen molar-refractivity contribution in [2.45, 2.75) is 38.5 Å². The van der Waals surface area contributed by atoms with Gasteiger partial charge < -0.3 is 4.74 Å². The summed E-state index contributed by atoms with van der Waals surface area (Å²) >= 11 is 5.89. The van der Waals surface area contributed by atoms with Crippen LogP contribution >= 0.6 is 11.6 Å². The van der Waals surface area contributed by atoms with E-state index in [1.54, 1.807) is 48.5 Å². The van der Waals surface area contributed by atoms with Gasteiger partial charge in [0.25, 0.3) is 0 Å². The largest absolute Gasteiger partial charge is 0.486 e. The first-order valence-corrected chi connectivity index (χ1v) is 10.9. The highest BCUT2D eigenvalue weighted by Crippen LogP contribution is 2.60. The molecule has 0 aromatic heterocycles. The van der Waals surface area contributed by atoms with Crippen LogP contribution < -0.4 is 4.74 Å². The molecule has 2 aromatic rings. The van der Waals surface area contributed by atoms with Crippen molar-refractivity contribution in [2.24, 2.45) is 23.2 Å². The number of halogens is 1. The van der Waals surface area contributed by atoms with E-state index in [0.29, 0.717) is 21.9 Å². The predicted molar refractivity (Wildman–Crippen MR) is 112 cm³/mol. The predicted octanol–water partition coefficient (Wildman–Crippen LogP) is 5.74. The lowest BCUT2D eigenvalue weighted by Crippen LogP contribution is -2.51. The van der Waals surface area contributed by atoms with Crippen LogP contribution in [0.25, 0.3) is 0 Å². The molecule has 0 radical (unpaired) electrons. The number of carbonyl (C=O) groups excluding carboxylic acids is 2. The molecule has 4 fully saturated rings. The monoisotopic (exact) mass is 408 g/mol. The molecule has 0 amide bonds. The zero-order valence-electron chi connectivity index (χ0n) is 16.4. The van der Waals surface area contributed by atoms with Gasteiger partial charge in [-0.05, 0) is 105 Å². The topological polar surface area (TPSA) is 43.4 Å². The molecule has 4 aliphatic carbocycles. The number of ether oxygens (including phenoxy) is 1. The molecule has 2 aromatic carbocycles. The molecule has 150 valence electrons. The Labute approximate surface area is 176 Å². The van der Waals surface area contributed by atoms with Crippen LogP contribution in [-0.4, -0.2) is 18.2 Å². The summed E-state index contributed by atoms with van der Waals surface area (Å²) in [4.78, 5) is 25.6. The summed E-state index contributed by atoms with van der Waals surface area (Å²) in [5.74, 6) is 3.11. The molecule has 4 bridgehead atoms. The quantitative estimate of drug-likeness (QED) is 0.573. The Morgan fingerprint density at radius 2 is 1.31 bits per heavy atom. The van der Waals surface area contributed by atoms with Crippen LogP contribution in [0.1, 0.15) is 54.4 Å². The molecule has 0 atom stereocenters. The van der Waals surface area contributed by atoms with Gasteiger partial charge in [-0.15, -0.1) is 0 Å². The standard InChI is InChI=1S/C25H25ClO3/c26-21-5-1-19(2-6-21)24(28)20-3-7-22(8-4-20)29-15-23(27)25-12-16-9-17(13-25)11-18(10-16)14-25/h1-8,16-18H,9-15H2. The Morgan fingerprint density at radius 1 is 0.828 bits per heavy atom. The SMILES string of the molecule is O=C(c1ccc(Cl)cc1)c1ccc(OCC(=O)C23CC4CC(CC(C4)C2)C3)cc1. The molecule has 0 N–H and O–H groups in total. The van der Waals surface area contributed by atoms with Gasteiger partial charge in [0, 0.05) is 21.6 Å². The van der Waals surface area contributed by atoms with E-state index in [0.717, 1.165) is 37.0 Å². The fraction of sp³-hybridized carbons (Fsp3) is 0.440. The number of carbonyl (C=O) groups is 2. The van der Waals surface area contributed by atoms with Crippen LogP contribution in [0.5, 0.6) is 5.75 Å². The first-order valence-electron chi connectivity index (χ1n) is 10.6. The van der Waals surface area contributed by atoms with Gasteiger partial charge >= 0.3 is 0 Å². The molecule has 4 heteroatoms. The van der Waals surface area contributed by atoms with Crippen LogP contribution in [0.3, 0.4) is 0 Å². The third-order valence-corrected chi connectivity index (χ3v) is 7.47. The van der Waals surface area contributed by atoms with E-state index in [4.69, 9.17) is 16.3 Å². The van der Waals surface area contributed by atoms with Crippen LogP contribution in [0.4, 0.5) is 0 Å². The van der Waals surface area contributed by atoms with Crippen molar-refractivity contribution in [3.63, 3.8) is 0 Å². The Hall–Kier alpha value is -2.13. The third-order valence-electron chi connectivity index (χ3n) is 7.22. The van der Waals surface area contributed by atoms with Gasteiger partial charge in [-0.3, -0.25) is 9.59 Å². The maximum atomic E-state index is 13.1. The Bertz CT molecular complexity index is 894. The molecule has 0 heterocycles. The smallest absolute Gasteiger partial charge is 0.193 e. The minimum Gasteiger partial charge on any atom is -0.486 e. The second-order valence-electron chi connectivity index (χ2n) is 9.27. The van der Waals surface area contributed by atoms with Crippen molar-refractivity contribution in [1.29, 1.82) is 0 Å². The van der Waals surface area contributed by atoms with E-state index >= 15 is 0 Å². The lowest BCUT2D eigenvalue weighted by atomic mass is 9.48. The number of Topliss-reactive ketones (excluding diaryl/α,β-unsaturated/α-hetero) is 1. The first-order chi connectivity index (χ1) is 14.0. The highest BCUT2D eigenvalue weighted by molar-refractivity contribution is 6.30. The summed E-state index contributed by atoms with van der Waals surface area (Å²) in [7, 11) is 0. The summed E-state index contributed by atoms with van der Waals surface area (Å²) in [6.45, 7) is 0.136. The fourth-order valence-corrected chi connectivity index (χ4v) is 6.35. The van der Waals surface area contributed by atoms with E-state index < -0.39 is 0 Å². The third kappa shape index (κ3) is 3.61. The van der Waals surface area contributed by atoms with Crippen molar-refractivity contribution in [3.8, 4) is 5.75 Å². The van der Waals surface area contributed by atoms with Crippen molar-refractivity contribution < 1.29 is 14.3 Å². The average Bonchev–Trinajstić information content (AvgIpc) is 2.71. The number of rotatable bonds is 6. The minimum absolute atomic E-state index is 0.0575. The van der Waals surface area contributed by atoms with Crippen LogP contribution in [0, 0.1) is 23.2 Å². The number of benzene rings is 2. The normalized spacial score (nSPS) is 29.6. The maximum Gasteiger partial charge on any atom is 0.193 e. The zero-order valence-corrected chi connectivity index (χ0v) is 17.2. The second-order valence-corrected chi connectivity index (χ2v) is 9.71. The van der Waals surface area contributed by atoms with Gasteiger partial charge in [0.05, 0.1) is 0 Å². The van der Waals surface area contributed by atoms with Gasteiger partial charge in [0.15, 0.2) is 11.6 Å². The molecule has 0 saturated heterocycles. The number of hydrogen-bond acceptors (Lipinski definition) is 3. The highest BCUT2D eigenvalue weighted by Gasteiger charge is 2.54. The summed E-state index contributed by atoms with van der Waals surface area (Å²) in [5, 5.41) is 0.606. The van der Waals surface area contributed by atoms with Crippen molar-refractivity contribution in [1.82, 2.24) is 0 Å². The van der Waals surface area contributed by atoms with E-state index in [1.165, 1.54) is 19.3 Å². The van der Waals surface area contributed by atoms with E-state index in [-0.39, 0.29) is 23.6 Å². The summed E-state index contributed by atoms with van der Waals surface area (Å²) in [5.41, 5.74) is 1.06. The van der Waals surface area contributed by atoms with Gasteiger partial charge in [0.2, 0.25) is 0 Å². The molecular formula is C25H25ClO3. The van der Waals surface area contributed by atoms with Crippen molar-refractivity contribution in [3.05, 3.63) is 64.7 Å². The lowest BCUT2D eigenvalue weighted by molar-refractivity contribution is -0.145.